The maximum atomic E-state index is 11.6. The predicted octanol–water partition coefficient (Wildman–Crippen LogP) is 0.737. The number of amides is 1. The highest BCUT2D eigenvalue weighted by Gasteiger charge is 2.26. The molecular formula is C10H23N2O4P. The lowest BCUT2D eigenvalue weighted by molar-refractivity contribution is -0.171. The van der Waals surface area contributed by atoms with Crippen molar-refractivity contribution in [3.05, 3.63) is 0 Å². The minimum absolute atomic E-state index is 0.102. The van der Waals surface area contributed by atoms with Crippen molar-refractivity contribution in [2.24, 2.45) is 5.92 Å². The Morgan fingerprint density at radius 2 is 1.82 bits per heavy atom. The SMILES string of the molecule is CC(C)C(=O)N(O)CNC(C)C(O)P(C)(C)=O. The first kappa shape index (κ1) is 16.6. The monoisotopic (exact) mass is 266 g/mol. The van der Waals surface area contributed by atoms with E-state index in [-0.39, 0.29) is 12.6 Å². The number of nitrogens with one attached hydrogen (secondary N) is 1. The van der Waals surface area contributed by atoms with Crippen molar-refractivity contribution >= 4 is 13.0 Å². The molecule has 0 aliphatic carbocycles. The molecule has 102 valence electrons. The number of aliphatic hydroxyl groups excluding tert-OH is 1. The first-order valence-electron chi connectivity index (χ1n) is 5.53. The van der Waals surface area contributed by atoms with Crippen LogP contribution in [0.15, 0.2) is 0 Å². The second-order valence-electron chi connectivity index (χ2n) is 4.89. The van der Waals surface area contributed by atoms with Crippen LogP contribution in [-0.2, 0) is 9.36 Å². The number of hydrogen-bond donors (Lipinski definition) is 3. The van der Waals surface area contributed by atoms with E-state index in [1.165, 1.54) is 13.3 Å². The van der Waals surface area contributed by atoms with Crippen molar-refractivity contribution in [1.82, 2.24) is 10.4 Å². The van der Waals surface area contributed by atoms with Gasteiger partial charge in [0.15, 0.2) is 0 Å². The van der Waals surface area contributed by atoms with Gasteiger partial charge in [0.25, 0.3) is 0 Å². The molecule has 0 spiro atoms. The maximum absolute atomic E-state index is 11.6. The van der Waals surface area contributed by atoms with Gasteiger partial charge in [-0.3, -0.25) is 15.3 Å². The van der Waals surface area contributed by atoms with E-state index in [0.29, 0.717) is 5.06 Å². The summed E-state index contributed by atoms with van der Waals surface area (Å²) < 4.78 is 11.6. The van der Waals surface area contributed by atoms with E-state index in [9.17, 15) is 19.7 Å². The lowest BCUT2D eigenvalue weighted by Crippen LogP contribution is -2.45. The summed E-state index contributed by atoms with van der Waals surface area (Å²) in [4.78, 5) is 11.3. The topological polar surface area (TPSA) is 89.9 Å². The summed E-state index contributed by atoms with van der Waals surface area (Å²) in [6, 6.07) is -0.467. The van der Waals surface area contributed by atoms with E-state index in [0.717, 1.165) is 0 Å². The second-order valence-corrected chi connectivity index (χ2v) is 8.29. The minimum atomic E-state index is -2.61. The van der Waals surface area contributed by atoms with E-state index in [1.807, 2.05) is 0 Å². The van der Waals surface area contributed by atoms with Crippen LogP contribution in [0.3, 0.4) is 0 Å². The molecule has 1 amide bonds. The normalized spacial score (nSPS) is 15.8. The van der Waals surface area contributed by atoms with E-state index in [1.54, 1.807) is 20.8 Å². The lowest BCUT2D eigenvalue weighted by atomic mass is 10.2. The summed E-state index contributed by atoms with van der Waals surface area (Å²) in [7, 11) is -2.61. The molecule has 0 saturated carbocycles. The van der Waals surface area contributed by atoms with Crippen LogP contribution in [0.5, 0.6) is 0 Å². The number of aliphatic hydroxyl groups is 1. The number of carbonyl (C=O) groups is 1. The molecular weight excluding hydrogens is 243 g/mol. The first-order valence-corrected chi connectivity index (χ1v) is 8.20. The third kappa shape index (κ3) is 5.64. The first-order chi connectivity index (χ1) is 7.57. The van der Waals surface area contributed by atoms with Gasteiger partial charge in [0.2, 0.25) is 5.91 Å². The molecule has 2 unspecified atom stereocenters. The van der Waals surface area contributed by atoms with Crippen molar-refractivity contribution < 1.29 is 19.7 Å². The Kier molecular flexibility index (Phi) is 6.34. The Balaban J connectivity index is 4.21. The second kappa shape index (κ2) is 6.50. The number of carbonyl (C=O) groups excluding carboxylic acids is 1. The van der Waals surface area contributed by atoms with Crippen LogP contribution >= 0.6 is 7.14 Å². The Bertz CT molecular complexity index is 303. The Labute approximate surface area is 102 Å². The maximum Gasteiger partial charge on any atom is 0.249 e. The van der Waals surface area contributed by atoms with Gasteiger partial charge >= 0.3 is 0 Å². The molecule has 0 saturated heterocycles. The molecule has 0 aromatic rings. The zero-order valence-electron chi connectivity index (χ0n) is 11.0. The number of nitrogens with zero attached hydrogens (tertiary/aromatic N) is 1. The van der Waals surface area contributed by atoms with E-state index in [2.05, 4.69) is 5.32 Å². The van der Waals surface area contributed by atoms with Gasteiger partial charge in [0.1, 0.15) is 13.0 Å². The number of hydroxylamine groups is 2. The van der Waals surface area contributed by atoms with E-state index >= 15 is 0 Å². The molecule has 3 N–H and O–H groups in total. The molecule has 0 rings (SSSR count). The number of hydrogen-bond acceptors (Lipinski definition) is 5. The predicted molar refractivity (Wildman–Crippen MR) is 66.4 cm³/mol. The summed E-state index contributed by atoms with van der Waals surface area (Å²) in [6.45, 7) is 7.89. The lowest BCUT2D eigenvalue weighted by Gasteiger charge is -2.26. The van der Waals surface area contributed by atoms with Gasteiger partial charge in [-0.1, -0.05) is 13.8 Å². The largest absolute Gasteiger partial charge is 0.384 e. The van der Waals surface area contributed by atoms with Gasteiger partial charge in [-0.05, 0) is 20.3 Å². The standard InChI is InChI=1S/C10H23N2O4P/c1-7(2)9(13)12(15)6-11-8(3)10(14)17(4,5)16/h7-8,10-11,14-15H,6H2,1-5H3. The summed E-state index contributed by atoms with van der Waals surface area (Å²) in [6.07, 6.45) is 0. The van der Waals surface area contributed by atoms with Crippen molar-refractivity contribution in [3.63, 3.8) is 0 Å². The highest BCUT2D eigenvalue weighted by molar-refractivity contribution is 7.62. The van der Waals surface area contributed by atoms with Gasteiger partial charge in [0.05, 0.1) is 6.67 Å². The highest BCUT2D eigenvalue weighted by Crippen LogP contribution is 2.42. The molecule has 6 nitrogen and oxygen atoms in total. The molecule has 0 aliphatic heterocycles. The molecule has 7 heteroatoms. The summed E-state index contributed by atoms with van der Waals surface area (Å²) in [5.41, 5.74) is 0. The quantitative estimate of drug-likeness (QED) is 0.285. The van der Waals surface area contributed by atoms with Crippen LogP contribution in [0, 0.1) is 5.92 Å². The Morgan fingerprint density at radius 1 is 1.35 bits per heavy atom. The average Bonchev–Trinajstić information content (AvgIpc) is 2.21. The van der Waals surface area contributed by atoms with Crippen molar-refractivity contribution in [3.8, 4) is 0 Å². The van der Waals surface area contributed by atoms with Crippen molar-refractivity contribution in [2.75, 3.05) is 20.0 Å². The zero-order valence-corrected chi connectivity index (χ0v) is 11.9. The molecule has 2 atom stereocenters. The molecule has 0 aromatic heterocycles. The molecule has 17 heavy (non-hydrogen) atoms. The zero-order chi connectivity index (χ0) is 13.8. The fraction of sp³-hybridized carbons (Fsp3) is 0.900. The third-order valence-corrected chi connectivity index (χ3v) is 4.12. The smallest absolute Gasteiger partial charge is 0.249 e. The fourth-order valence-electron chi connectivity index (χ4n) is 1.25. The van der Waals surface area contributed by atoms with Gasteiger partial charge in [-0.15, -0.1) is 0 Å². The van der Waals surface area contributed by atoms with Crippen LogP contribution in [0.1, 0.15) is 20.8 Å². The van der Waals surface area contributed by atoms with Gasteiger partial charge in [-0.25, -0.2) is 5.06 Å². The van der Waals surface area contributed by atoms with Gasteiger partial charge in [0, 0.05) is 12.0 Å². The third-order valence-electron chi connectivity index (χ3n) is 2.40. The Hall–Kier alpha value is -0.420. The Morgan fingerprint density at radius 3 is 2.18 bits per heavy atom. The molecule has 0 aromatic carbocycles. The van der Waals surface area contributed by atoms with Crippen LogP contribution < -0.4 is 5.32 Å². The molecule has 0 bridgehead atoms. The average molecular weight is 266 g/mol. The van der Waals surface area contributed by atoms with Gasteiger partial charge in [-0.2, -0.15) is 0 Å². The molecule has 0 heterocycles. The van der Waals surface area contributed by atoms with Crippen LogP contribution in [0.25, 0.3) is 0 Å². The van der Waals surface area contributed by atoms with Crippen LogP contribution in [0.4, 0.5) is 0 Å². The minimum Gasteiger partial charge on any atom is -0.384 e. The van der Waals surface area contributed by atoms with Crippen molar-refractivity contribution in [1.29, 1.82) is 0 Å². The fourth-order valence-corrected chi connectivity index (χ4v) is 2.43. The summed E-state index contributed by atoms with van der Waals surface area (Å²) in [5.74, 6) is -1.70. The summed E-state index contributed by atoms with van der Waals surface area (Å²) >= 11 is 0. The van der Waals surface area contributed by atoms with Crippen molar-refractivity contribution in [2.45, 2.75) is 32.7 Å². The van der Waals surface area contributed by atoms with E-state index < -0.39 is 24.9 Å². The number of rotatable bonds is 6. The highest BCUT2D eigenvalue weighted by atomic mass is 31.2. The molecule has 0 radical (unpaired) electrons. The summed E-state index contributed by atoms with van der Waals surface area (Å²) in [5, 5.41) is 22.4. The van der Waals surface area contributed by atoms with Crippen LogP contribution in [-0.4, -0.2) is 53.2 Å². The molecule has 0 fully saturated rings. The van der Waals surface area contributed by atoms with Crippen LogP contribution in [0.2, 0.25) is 0 Å². The van der Waals surface area contributed by atoms with Gasteiger partial charge < -0.3 is 9.67 Å². The van der Waals surface area contributed by atoms with E-state index in [4.69, 9.17) is 0 Å². The molecule has 0 aliphatic rings.